The summed E-state index contributed by atoms with van der Waals surface area (Å²) in [5.74, 6) is 2.57. The first-order chi connectivity index (χ1) is 9.26. The van der Waals surface area contributed by atoms with Crippen molar-refractivity contribution in [2.24, 2.45) is 0 Å². The van der Waals surface area contributed by atoms with Crippen LogP contribution < -0.4 is 10.1 Å². The lowest BCUT2D eigenvalue weighted by Crippen LogP contribution is -2.23. The van der Waals surface area contributed by atoms with E-state index in [9.17, 15) is 0 Å². The van der Waals surface area contributed by atoms with E-state index in [1.54, 1.807) is 7.11 Å². The molecule has 2 aromatic rings. The van der Waals surface area contributed by atoms with Gasteiger partial charge in [-0.25, -0.2) is 9.97 Å². The number of aryl methyl sites for hydroxylation is 1. The van der Waals surface area contributed by atoms with Crippen molar-refractivity contribution >= 4 is 5.82 Å². The third kappa shape index (κ3) is 2.38. The van der Waals surface area contributed by atoms with Gasteiger partial charge in [0, 0.05) is 23.4 Å². The number of nitrogens with one attached hydrogen (secondary N) is 1. The second kappa shape index (κ2) is 4.88. The Bertz CT molecular complexity index is 580. The molecule has 4 nitrogen and oxygen atoms in total. The fourth-order valence-electron chi connectivity index (χ4n) is 2.27. The molecule has 0 fully saturated rings. The van der Waals surface area contributed by atoms with Crippen molar-refractivity contribution < 1.29 is 4.74 Å². The Morgan fingerprint density at radius 2 is 2.05 bits per heavy atom. The number of anilines is 1. The average Bonchev–Trinajstić information content (AvgIpc) is 2.46. The number of ether oxygens (including phenoxy) is 1. The summed E-state index contributed by atoms with van der Waals surface area (Å²) in [4.78, 5) is 9.08. The van der Waals surface area contributed by atoms with Crippen LogP contribution >= 0.6 is 0 Å². The number of hydrogen-bond donors (Lipinski definition) is 1. The summed E-state index contributed by atoms with van der Waals surface area (Å²) in [7, 11) is 1.66. The van der Waals surface area contributed by atoms with Gasteiger partial charge in [-0.2, -0.15) is 0 Å². The van der Waals surface area contributed by atoms with Crippen LogP contribution in [0.15, 0.2) is 30.5 Å². The molecule has 0 radical (unpaired) electrons. The molecule has 1 aliphatic heterocycles. The number of hydrogen-bond acceptors (Lipinski definition) is 4. The van der Waals surface area contributed by atoms with Gasteiger partial charge in [0.2, 0.25) is 0 Å². The smallest absolute Gasteiger partial charge is 0.161 e. The Hall–Kier alpha value is -2.10. The van der Waals surface area contributed by atoms with Crippen molar-refractivity contribution in [1.29, 1.82) is 0 Å². The molecule has 1 aliphatic rings. The lowest BCUT2D eigenvalue weighted by Gasteiger charge is -2.22. The largest absolute Gasteiger partial charge is 0.497 e. The maximum Gasteiger partial charge on any atom is 0.161 e. The molecule has 0 saturated carbocycles. The highest BCUT2D eigenvalue weighted by Gasteiger charge is 2.16. The van der Waals surface area contributed by atoms with Crippen LogP contribution in [0, 0.1) is 0 Å². The minimum Gasteiger partial charge on any atom is -0.497 e. The van der Waals surface area contributed by atoms with Gasteiger partial charge in [-0.1, -0.05) is 0 Å². The number of nitrogens with zero attached hydrogens (tertiary/aromatic N) is 2. The first kappa shape index (κ1) is 12.0. The van der Waals surface area contributed by atoms with Crippen LogP contribution in [0.3, 0.4) is 0 Å². The molecular formula is C15H17N3O. The van der Waals surface area contributed by atoms with E-state index in [4.69, 9.17) is 4.74 Å². The van der Waals surface area contributed by atoms with E-state index in [-0.39, 0.29) is 0 Å². The van der Waals surface area contributed by atoms with Crippen molar-refractivity contribution in [2.75, 3.05) is 12.4 Å². The summed E-state index contributed by atoms with van der Waals surface area (Å²) in [5.41, 5.74) is 2.21. The maximum atomic E-state index is 5.16. The molecule has 98 valence electrons. The molecule has 0 spiro atoms. The van der Waals surface area contributed by atoms with Crippen molar-refractivity contribution in [2.45, 2.75) is 25.8 Å². The quantitative estimate of drug-likeness (QED) is 0.896. The molecule has 0 bridgehead atoms. The van der Waals surface area contributed by atoms with E-state index < -0.39 is 0 Å². The van der Waals surface area contributed by atoms with Crippen molar-refractivity contribution in [1.82, 2.24) is 9.97 Å². The normalized spacial score (nSPS) is 17.5. The highest BCUT2D eigenvalue weighted by atomic mass is 16.5. The second-order valence-electron chi connectivity index (χ2n) is 4.88. The maximum absolute atomic E-state index is 5.16. The third-order valence-electron chi connectivity index (χ3n) is 3.44. The summed E-state index contributed by atoms with van der Waals surface area (Å²) in [5, 5.41) is 3.42. The minimum atomic E-state index is 0.478. The molecule has 3 rings (SSSR count). The fourth-order valence-corrected chi connectivity index (χ4v) is 2.27. The summed E-state index contributed by atoms with van der Waals surface area (Å²) in [6.07, 6.45) is 4.12. The lowest BCUT2D eigenvalue weighted by molar-refractivity contribution is 0.415. The SMILES string of the molecule is COc1ccc(-c2ncc3c(n2)NC(C)CC3)cc1. The molecule has 1 aromatic heterocycles. The van der Waals surface area contributed by atoms with Crippen LogP contribution in [0.25, 0.3) is 11.4 Å². The molecule has 19 heavy (non-hydrogen) atoms. The molecule has 1 N–H and O–H groups in total. The summed E-state index contributed by atoms with van der Waals surface area (Å²) in [6, 6.07) is 8.29. The molecule has 1 atom stereocenters. The van der Waals surface area contributed by atoms with Gasteiger partial charge in [0.15, 0.2) is 5.82 Å². The van der Waals surface area contributed by atoms with E-state index >= 15 is 0 Å². The predicted molar refractivity (Wildman–Crippen MR) is 75.4 cm³/mol. The molecule has 0 aliphatic carbocycles. The second-order valence-corrected chi connectivity index (χ2v) is 4.88. The lowest BCUT2D eigenvalue weighted by atomic mass is 10.0. The summed E-state index contributed by atoms with van der Waals surface area (Å²) >= 11 is 0. The number of methoxy groups -OCH3 is 1. The molecule has 4 heteroatoms. The zero-order valence-electron chi connectivity index (χ0n) is 11.2. The summed E-state index contributed by atoms with van der Waals surface area (Å²) < 4.78 is 5.16. The predicted octanol–water partition coefficient (Wildman–Crippen LogP) is 2.90. The molecule has 0 amide bonds. The van der Waals surface area contributed by atoms with Crippen molar-refractivity contribution in [3.8, 4) is 17.1 Å². The van der Waals surface area contributed by atoms with Crippen LogP contribution in [0.5, 0.6) is 5.75 Å². The number of fused-ring (bicyclic) bond motifs is 1. The fraction of sp³-hybridized carbons (Fsp3) is 0.333. The minimum absolute atomic E-state index is 0.478. The third-order valence-corrected chi connectivity index (χ3v) is 3.44. The highest BCUT2D eigenvalue weighted by molar-refractivity contribution is 5.60. The first-order valence-electron chi connectivity index (χ1n) is 6.53. The van der Waals surface area contributed by atoms with Gasteiger partial charge in [-0.05, 0) is 44.0 Å². The van der Waals surface area contributed by atoms with Gasteiger partial charge in [-0.3, -0.25) is 0 Å². The van der Waals surface area contributed by atoms with Gasteiger partial charge in [0.25, 0.3) is 0 Å². The Morgan fingerprint density at radius 1 is 1.26 bits per heavy atom. The van der Waals surface area contributed by atoms with E-state index in [2.05, 4.69) is 22.2 Å². The van der Waals surface area contributed by atoms with Gasteiger partial charge >= 0.3 is 0 Å². The zero-order chi connectivity index (χ0) is 13.2. The number of rotatable bonds is 2. The zero-order valence-corrected chi connectivity index (χ0v) is 11.2. The first-order valence-corrected chi connectivity index (χ1v) is 6.53. The van der Waals surface area contributed by atoms with Gasteiger partial charge < -0.3 is 10.1 Å². The Kier molecular flexibility index (Phi) is 3.07. The highest BCUT2D eigenvalue weighted by Crippen LogP contribution is 2.25. The van der Waals surface area contributed by atoms with Gasteiger partial charge in [0.1, 0.15) is 11.6 Å². The molecule has 1 aromatic carbocycles. The summed E-state index contributed by atoms with van der Waals surface area (Å²) in [6.45, 7) is 2.18. The van der Waals surface area contributed by atoms with E-state index in [0.717, 1.165) is 35.8 Å². The Labute approximate surface area is 112 Å². The Balaban J connectivity index is 1.94. The van der Waals surface area contributed by atoms with Crippen LogP contribution in [0.4, 0.5) is 5.82 Å². The van der Waals surface area contributed by atoms with E-state index in [1.807, 2.05) is 30.5 Å². The van der Waals surface area contributed by atoms with E-state index in [1.165, 1.54) is 5.56 Å². The standard InChI is InChI=1S/C15H17N3O/c1-10-3-4-12-9-16-14(18-15(12)17-10)11-5-7-13(19-2)8-6-11/h5-10H,3-4H2,1-2H3,(H,16,17,18). The van der Waals surface area contributed by atoms with Crippen LogP contribution in [0.2, 0.25) is 0 Å². The van der Waals surface area contributed by atoms with Gasteiger partial charge in [0.05, 0.1) is 7.11 Å². The topological polar surface area (TPSA) is 47.0 Å². The van der Waals surface area contributed by atoms with Crippen LogP contribution in [0.1, 0.15) is 18.9 Å². The van der Waals surface area contributed by atoms with E-state index in [0.29, 0.717) is 6.04 Å². The molecule has 1 unspecified atom stereocenters. The Morgan fingerprint density at radius 3 is 2.79 bits per heavy atom. The molecule has 0 saturated heterocycles. The van der Waals surface area contributed by atoms with Crippen LogP contribution in [-0.2, 0) is 6.42 Å². The van der Waals surface area contributed by atoms with Crippen LogP contribution in [-0.4, -0.2) is 23.1 Å². The molecular weight excluding hydrogens is 238 g/mol. The van der Waals surface area contributed by atoms with Crippen molar-refractivity contribution in [3.05, 3.63) is 36.0 Å². The van der Waals surface area contributed by atoms with Crippen molar-refractivity contribution in [3.63, 3.8) is 0 Å². The monoisotopic (exact) mass is 255 g/mol. The number of benzene rings is 1. The van der Waals surface area contributed by atoms with Gasteiger partial charge in [-0.15, -0.1) is 0 Å². The number of aromatic nitrogens is 2. The average molecular weight is 255 g/mol. The molecule has 2 heterocycles.